The number of nitrogens with one attached hydrogen (secondary N) is 3. The van der Waals surface area contributed by atoms with Crippen molar-refractivity contribution in [2.75, 3.05) is 31.5 Å². The van der Waals surface area contributed by atoms with Crippen LogP contribution in [0.2, 0.25) is 0 Å². The average Bonchev–Trinajstić information content (AvgIpc) is 3.38. The first-order valence-electron chi connectivity index (χ1n) is 10.1. The van der Waals surface area contributed by atoms with Crippen molar-refractivity contribution in [2.45, 2.75) is 39.7 Å². The molecule has 2 aromatic rings. The molecule has 7 heteroatoms. The van der Waals surface area contributed by atoms with Crippen molar-refractivity contribution in [3.8, 4) is 0 Å². The molecule has 0 unspecified atom stereocenters. The maximum Gasteiger partial charge on any atom is 0.315 e. The zero-order valence-electron chi connectivity index (χ0n) is 17.4. The third kappa shape index (κ3) is 5.60. The number of benzene rings is 1. The van der Waals surface area contributed by atoms with Crippen LogP contribution in [0.5, 0.6) is 0 Å². The Balaban J connectivity index is 1.48. The van der Waals surface area contributed by atoms with Gasteiger partial charge < -0.3 is 20.4 Å². The fourth-order valence-corrected chi connectivity index (χ4v) is 3.92. The first kappa shape index (κ1) is 20.9. The summed E-state index contributed by atoms with van der Waals surface area (Å²) >= 11 is 0. The highest BCUT2D eigenvalue weighted by Crippen LogP contribution is 2.25. The maximum atomic E-state index is 12.3. The SMILES string of the molecule is Cc1cc(C)c(NC(=O)CNC(=O)NC[C@H](c2ccco2)N2CCCC2)c(C)c1. The second kappa shape index (κ2) is 9.60. The van der Waals surface area contributed by atoms with E-state index in [0.29, 0.717) is 6.54 Å². The van der Waals surface area contributed by atoms with Crippen molar-refractivity contribution < 1.29 is 14.0 Å². The maximum absolute atomic E-state index is 12.3. The number of anilines is 1. The molecule has 156 valence electrons. The topological polar surface area (TPSA) is 86.6 Å². The molecule has 7 nitrogen and oxygen atoms in total. The number of nitrogens with zero attached hydrogens (tertiary/aromatic N) is 1. The Kier molecular flexibility index (Phi) is 6.93. The predicted molar refractivity (Wildman–Crippen MR) is 113 cm³/mol. The number of urea groups is 1. The van der Waals surface area contributed by atoms with E-state index in [-0.39, 0.29) is 24.5 Å². The van der Waals surface area contributed by atoms with Gasteiger partial charge >= 0.3 is 6.03 Å². The van der Waals surface area contributed by atoms with Gasteiger partial charge in [-0.15, -0.1) is 0 Å². The van der Waals surface area contributed by atoms with Gasteiger partial charge in [0.1, 0.15) is 5.76 Å². The molecule has 0 saturated carbocycles. The Morgan fingerprint density at radius 2 is 1.79 bits per heavy atom. The quantitative estimate of drug-likeness (QED) is 0.668. The fourth-order valence-electron chi connectivity index (χ4n) is 3.92. The van der Waals surface area contributed by atoms with Crippen molar-refractivity contribution in [1.82, 2.24) is 15.5 Å². The normalized spacial score (nSPS) is 15.1. The van der Waals surface area contributed by atoms with Gasteiger partial charge in [-0.3, -0.25) is 9.69 Å². The Hall–Kier alpha value is -2.80. The number of amides is 3. The molecule has 1 aromatic heterocycles. The van der Waals surface area contributed by atoms with Gasteiger partial charge in [-0.1, -0.05) is 17.7 Å². The van der Waals surface area contributed by atoms with Gasteiger partial charge in [-0.2, -0.15) is 0 Å². The summed E-state index contributed by atoms with van der Waals surface area (Å²) in [6, 6.07) is 7.48. The standard InChI is InChI=1S/C22H30N4O3/c1-15-11-16(2)21(17(3)12-15)25-20(27)14-24-22(28)23-13-18(19-7-6-10-29-19)26-8-4-5-9-26/h6-7,10-12,18H,4-5,8-9,13-14H2,1-3H3,(H,25,27)(H2,23,24,28)/t18-/m1/s1. The molecule has 1 saturated heterocycles. The van der Waals surface area contributed by atoms with E-state index >= 15 is 0 Å². The lowest BCUT2D eigenvalue weighted by Crippen LogP contribution is -2.43. The molecule has 1 aliphatic rings. The molecule has 0 radical (unpaired) electrons. The molecule has 3 rings (SSSR count). The highest BCUT2D eigenvalue weighted by molar-refractivity contribution is 5.95. The van der Waals surface area contributed by atoms with Crippen LogP contribution in [0.3, 0.4) is 0 Å². The molecule has 1 aliphatic heterocycles. The molecule has 0 bridgehead atoms. The molecular weight excluding hydrogens is 368 g/mol. The minimum atomic E-state index is -0.367. The van der Waals surface area contributed by atoms with Gasteiger partial charge in [0.15, 0.2) is 0 Å². The summed E-state index contributed by atoms with van der Waals surface area (Å²) in [5.74, 6) is 0.590. The van der Waals surface area contributed by atoms with E-state index in [4.69, 9.17) is 4.42 Å². The van der Waals surface area contributed by atoms with Crippen molar-refractivity contribution in [3.05, 3.63) is 53.0 Å². The Morgan fingerprint density at radius 3 is 2.41 bits per heavy atom. The third-order valence-electron chi connectivity index (χ3n) is 5.26. The molecule has 3 N–H and O–H groups in total. The van der Waals surface area contributed by atoms with Crippen LogP contribution in [-0.2, 0) is 4.79 Å². The Morgan fingerprint density at radius 1 is 1.10 bits per heavy atom. The Bertz CT molecular complexity index is 819. The van der Waals surface area contributed by atoms with Gasteiger partial charge in [0.2, 0.25) is 5.91 Å². The third-order valence-corrected chi connectivity index (χ3v) is 5.26. The number of hydrogen-bond donors (Lipinski definition) is 3. The van der Waals surface area contributed by atoms with Crippen LogP contribution in [0.25, 0.3) is 0 Å². The summed E-state index contributed by atoms with van der Waals surface area (Å²) in [7, 11) is 0. The second-order valence-electron chi connectivity index (χ2n) is 7.66. The largest absolute Gasteiger partial charge is 0.468 e. The number of carbonyl (C=O) groups excluding carboxylic acids is 2. The van der Waals surface area contributed by atoms with E-state index in [1.165, 1.54) is 0 Å². The molecule has 1 aromatic carbocycles. The summed E-state index contributed by atoms with van der Waals surface area (Å²) < 4.78 is 5.56. The summed E-state index contributed by atoms with van der Waals surface area (Å²) in [5, 5.41) is 8.39. The van der Waals surface area contributed by atoms with Gasteiger partial charge in [0.25, 0.3) is 0 Å². The van der Waals surface area contributed by atoms with Crippen molar-refractivity contribution in [1.29, 1.82) is 0 Å². The van der Waals surface area contributed by atoms with Crippen LogP contribution in [0.4, 0.5) is 10.5 Å². The molecule has 2 heterocycles. The average molecular weight is 399 g/mol. The van der Waals surface area contributed by atoms with Crippen molar-refractivity contribution in [2.24, 2.45) is 0 Å². The summed E-state index contributed by atoms with van der Waals surface area (Å²) in [4.78, 5) is 26.8. The van der Waals surface area contributed by atoms with Crippen molar-refractivity contribution >= 4 is 17.6 Å². The van der Waals surface area contributed by atoms with Crippen LogP contribution in [-0.4, -0.2) is 43.0 Å². The number of aryl methyl sites for hydroxylation is 3. The Labute approximate surface area is 171 Å². The van der Waals surface area contributed by atoms with E-state index in [1.54, 1.807) is 6.26 Å². The van der Waals surface area contributed by atoms with E-state index in [2.05, 4.69) is 20.9 Å². The molecule has 29 heavy (non-hydrogen) atoms. The number of hydrogen-bond acceptors (Lipinski definition) is 4. The lowest BCUT2D eigenvalue weighted by molar-refractivity contribution is -0.115. The van der Waals surface area contributed by atoms with Crippen LogP contribution >= 0.6 is 0 Å². The van der Waals surface area contributed by atoms with E-state index in [0.717, 1.165) is 54.1 Å². The first-order chi connectivity index (χ1) is 13.9. The summed E-state index contributed by atoms with van der Waals surface area (Å²) in [5.41, 5.74) is 3.97. The van der Waals surface area contributed by atoms with Gasteiger partial charge in [0, 0.05) is 12.2 Å². The monoisotopic (exact) mass is 398 g/mol. The summed E-state index contributed by atoms with van der Waals surface area (Å²) in [6.45, 7) is 8.27. The minimum absolute atomic E-state index is 0.00457. The number of rotatable bonds is 7. The van der Waals surface area contributed by atoms with Crippen molar-refractivity contribution in [3.63, 3.8) is 0 Å². The zero-order chi connectivity index (χ0) is 20.8. The van der Waals surface area contributed by atoms with E-state index in [9.17, 15) is 9.59 Å². The smallest absolute Gasteiger partial charge is 0.315 e. The molecule has 3 amide bonds. The van der Waals surface area contributed by atoms with E-state index in [1.807, 2.05) is 45.0 Å². The lowest BCUT2D eigenvalue weighted by Gasteiger charge is -2.26. The van der Waals surface area contributed by atoms with Crippen LogP contribution in [0.1, 0.15) is 41.3 Å². The molecule has 1 atom stereocenters. The molecule has 0 spiro atoms. The van der Waals surface area contributed by atoms with Crippen LogP contribution in [0, 0.1) is 20.8 Å². The number of furan rings is 1. The second-order valence-corrected chi connectivity index (χ2v) is 7.66. The zero-order valence-corrected chi connectivity index (χ0v) is 17.4. The highest BCUT2D eigenvalue weighted by atomic mass is 16.3. The number of likely N-dealkylation sites (tertiary alicyclic amines) is 1. The predicted octanol–water partition coefficient (Wildman–Crippen LogP) is 3.28. The molecular formula is C22H30N4O3. The van der Waals surface area contributed by atoms with E-state index < -0.39 is 0 Å². The van der Waals surface area contributed by atoms with Gasteiger partial charge in [0.05, 0.1) is 18.8 Å². The lowest BCUT2D eigenvalue weighted by atomic mass is 10.1. The van der Waals surface area contributed by atoms with Gasteiger partial charge in [-0.05, 0) is 70.0 Å². The highest BCUT2D eigenvalue weighted by Gasteiger charge is 2.25. The summed E-state index contributed by atoms with van der Waals surface area (Å²) in [6.07, 6.45) is 3.96. The number of carbonyl (C=O) groups is 2. The minimum Gasteiger partial charge on any atom is -0.468 e. The molecule has 0 aliphatic carbocycles. The van der Waals surface area contributed by atoms with Crippen LogP contribution < -0.4 is 16.0 Å². The first-order valence-corrected chi connectivity index (χ1v) is 10.1. The van der Waals surface area contributed by atoms with Gasteiger partial charge in [-0.25, -0.2) is 4.79 Å². The molecule has 1 fully saturated rings. The fraction of sp³-hybridized carbons (Fsp3) is 0.455. The van der Waals surface area contributed by atoms with Crippen LogP contribution in [0.15, 0.2) is 34.9 Å².